The standard InChI is InChI=1S/C6H15N3O3/c1-10-4-7-5(11-2)9-6(8-4)12-3/h4-9H,1-3H3. The van der Waals surface area contributed by atoms with E-state index >= 15 is 0 Å². The Kier molecular flexibility index (Phi) is 3.86. The first-order valence-corrected chi connectivity index (χ1v) is 3.66. The summed E-state index contributed by atoms with van der Waals surface area (Å²) in [7, 11) is 4.78. The van der Waals surface area contributed by atoms with Crippen molar-refractivity contribution in [2.45, 2.75) is 19.1 Å². The first-order chi connectivity index (χ1) is 5.80. The minimum atomic E-state index is -0.263. The third-order valence-corrected chi connectivity index (χ3v) is 1.62. The molecular weight excluding hydrogens is 162 g/mol. The lowest BCUT2D eigenvalue weighted by Crippen LogP contribution is -2.68. The fourth-order valence-electron chi connectivity index (χ4n) is 0.965. The molecule has 0 amide bonds. The summed E-state index contributed by atoms with van der Waals surface area (Å²) in [5.74, 6) is 0. The number of hydrogen-bond acceptors (Lipinski definition) is 6. The second kappa shape index (κ2) is 4.70. The molecule has 1 fully saturated rings. The number of ether oxygens (including phenoxy) is 3. The third kappa shape index (κ3) is 2.37. The van der Waals surface area contributed by atoms with Crippen molar-refractivity contribution in [1.82, 2.24) is 16.0 Å². The van der Waals surface area contributed by atoms with Crippen molar-refractivity contribution in [3.8, 4) is 0 Å². The van der Waals surface area contributed by atoms with E-state index in [4.69, 9.17) is 14.2 Å². The fourth-order valence-corrected chi connectivity index (χ4v) is 0.965. The molecule has 3 N–H and O–H groups in total. The van der Waals surface area contributed by atoms with E-state index in [1.807, 2.05) is 0 Å². The zero-order valence-corrected chi connectivity index (χ0v) is 7.46. The van der Waals surface area contributed by atoms with E-state index in [1.54, 1.807) is 21.3 Å². The molecule has 0 radical (unpaired) electrons. The van der Waals surface area contributed by atoms with Crippen molar-refractivity contribution in [3.63, 3.8) is 0 Å². The molecule has 0 aliphatic carbocycles. The molecule has 72 valence electrons. The Morgan fingerprint density at radius 3 is 1.08 bits per heavy atom. The van der Waals surface area contributed by atoms with E-state index in [9.17, 15) is 0 Å². The molecule has 0 spiro atoms. The van der Waals surface area contributed by atoms with Crippen molar-refractivity contribution < 1.29 is 14.2 Å². The normalized spacial score (nSPS) is 36.8. The van der Waals surface area contributed by atoms with Gasteiger partial charge in [0, 0.05) is 21.3 Å². The van der Waals surface area contributed by atoms with Gasteiger partial charge in [-0.05, 0) is 0 Å². The third-order valence-electron chi connectivity index (χ3n) is 1.62. The Hall–Kier alpha value is -0.240. The van der Waals surface area contributed by atoms with E-state index < -0.39 is 0 Å². The SMILES string of the molecule is COC1NC(OC)NC(OC)N1. The average molecular weight is 177 g/mol. The van der Waals surface area contributed by atoms with Crippen LogP contribution in [0.4, 0.5) is 0 Å². The highest BCUT2D eigenvalue weighted by Gasteiger charge is 2.25. The number of nitrogens with one attached hydrogen (secondary N) is 3. The van der Waals surface area contributed by atoms with Crippen LogP contribution in [-0.2, 0) is 14.2 Å². The van der Waals surface area contributed by atoms with Gasteiger partial charge in [0.25, 0.3) is 0 Å². The molecule has 0 aromatic rings. The number of methoxy groups -OCH3 is 3. The van der Waals surface area contributed by atoms with Crippen LogP contribution in [0, 0.1) is 0 Å². The molecule has 0 aromatic carbocycles. The van der Waals surface area contributed by atoms with Gasteiger partial charge >= 0.3 is 0 Å². The van der Waals surface area contributed by atoms with E-state index in [0.29, 0.717) is 0 Å². The van der Waals surface area contributed by atoms with Crippen LogP contribution in [0.5, 0.6) is 0 Å². The summed E-state index contributed by atoms with van der Waals surface area (Å²) in [5, 5.41) is 8.91. The van der Waals surface area contributed by atoms with Crippen molar-refractivity contribution in [3.05, 3.63) is 0 Å². The predicted octanol–water partition coefficient (Wildman–Crippen LogP) is -1.44. The van der Waals surface area contributed by atoms with Gasteiger partial charge in [-0.2, -0.15) is 0 Å². The highest BCUT2D eigenvalue weighted by Crippen LogP contribution is 1.95. The van der Waals surface area contributed by atoms with E-state index in [2.05, 4.69) is 16.0 Å². The summed E-state index contributed by atoms with van der Waals surface area (Å²) < 4.78 is 15.1. The minimum Gasteiger partial charge on any atom is -0.353 e. The number of hydrogen-bond donors (Lipinski definition) is 3. The Morgan fingerprint density at radius 2 is 0.917 bits per heavy atom. The second-order valence-electron chi connectivity index (χ2n) is 2.35. The first-order valence-electron chi connectivity index (χ1n) is 3.66. The second-order valence-corrected chi connectivity index (χ2v) is 2.35. The van der Waals surface area contributed by atoms with Crippen LogP contribution in [-0.4, -0.2) is 40.4 Å². The molecule has 1 saturated heterocycles. The summed E-state index contributed by atoms with van der Waals surface area (Å²) in [6.45, 7) is 0. The van der Waals surface area contributed by atoms with Crippen LogP contribution in [0.25, 0.3) is 0 Å². The average Bonchev–Trinajstić information content (AvgIpc) is 2.16. The topological polar surface area (TPSA) is 63.8 Å². The quantitative estimate of drug-likeness (QED) is 0.490. The molecule has 1 rings (SSSR count). The molecule has 0 unspecified atom stereocenters. The van der Waals surface area contributed by atoms with Crippen LogP contribution in [0.3, 0.4) is 0 Å². The lowest BCUT2D eigenvalue weighted by Gasteiger charge is -2.35. The van der Waals surface area contributed by atoms with E-state index in [0.717, 1.165) is 0 Å². The Bertz CT molecular complexity index is 105. The molecule has 0 aromatic heterocycles. The molecule has 12 heavy (non-hydrogen) atoms. The van der Waals surface area contributed by atoms with Crippen LogP contribution < -0.4 is 16.0 Å². The minimum absolute atomic E-state index is 0.263. The molecule has 1 aliphatic heterocycles. The van der Waals surface area contributed by atoms with Crippen molar-refractivity contribution in [2.75, 3.05) is 21.3 Å². The summed E-state index contributed by atoms with van der Waals surface area (Å²) in [4.78, 5) is 0. The maximum absolute atomic E-state index is 5.03. The maximum Gasteiger partial charge on any atom is 0.169 e. The molecule has 6 heteroatoms. The van der Waals surface area contributed by atoms with Crippen LogP contribution in [0.2, 0.25) is 0 Å². The van der Waals surface area contributed by atoms with Crippen LogP contribution in [0.15, 0.2) is 0 Å². The molecule has 0 saturated carbocycles. The largest absolute Gasteiger partial charge is 0.353 e. The zero-order valence-electron chi connectivity index (χ0n) is 7.46. The van der Waals surface area contributed by atoms with Gasteiger partial charge in [0.2, 0.25) is 0 Å². The summed E-state index contributed by atoms with van der Waals surface area (Å²) in [6.07, 6.45) is -0.788. The molecule has 1 heterocycles. The Labute approximate surface area is 71.5 Å². The smallest absolute Gasteiger partial charge is 0.169 e. The van der Waals surface area contributed by atoms with E-state index in [1.165, 1.54) is 0 Å². The van der Waals surface area contributed by atoms with Gasteiger partial charge in [-0.15, -0.1) is 0 Å². The maximum atomic E-state index is 5.03. The monoisotopic (exact) mass is 177 g/mol. The Balaban J connectivity index is 2.41. The first kappa shape index (κ1) is 9.85. The van der Waals surface area contributed by atoms with Crippen LogP contribution >= 0.6 is 0 Å². The fraction of sp³-hybridized carbons (Fsp3) is 1.00. The van der Waals surface area contributed by atoms with Crippen molar-refractivity contribution >= 4 is 0 Å². The van der Waals surface area contributed by atoms with Crippen molar-refractivity contribution in [1.29, 1.82) is 0 Å². The summed E-state index contributed by atoms with van der Waals surface area (Å²) in [5.41, 5.74) is 0. The molecule has 6 nitrogen and oxygen atoms in total. The zero-order chi connectivity index (χ0) is 8.97. The molecule has 1 aliphatic rings. The predicted molar refractivity (Wildman–Crippen MR) is 41.8 cm³/mol. The molecule has 0 bridgehead atoms. The van der Waals surface area contributed by atoms with Gasteiger partial charge in [-0.25, -0.2) is 16.0 Å². The molecular formula is C6H15N3O3. The lowest BCUT2D eigenvalue weighted by molar-refractivity contribution is -0.137. The highest BCUT2D eigenvalue weighted by molar-refractivity contribution is 4.67. The summed E-state index contributed by atoms with van der Waals surface area (Å²) >= 11 is 0. The van der Waals surface area contributed by atoms with Gasteiger partial charge in [0.05, 0.1) is 0 Å². The Morgan fingerprint density at radius 1 is 0.667 bits per heavy atom. The van der Waals surface area contributed by atoms with Gasteiger partial charge in [-0.3, -0.25) is 0 Å². The van der Waals surface area contributed by atoms with Gasteiger partial charge in [-0.1, -0.05) is 0 Å². The van der Waals surface area contributed by atoms with Gasteiger partial charge in [0.1, 0.15) is 0 Å². The summed E-state index contributed by atoms with van der Waals surface area (Å²) in [6, 6.07) is 0. The highest BCUT2D eigenvalue weighted by atomic mass is 16.6. The van der Waals surface area contributed by atoms with Gasteiger partial charge in [0.15, 0.2) is 19.1 Å². The van der Waals surface area contributed by atoms with E-state index in [-0.39, 0.29) is 19.1 Å². The molecule has 0 atom stereocenters. The lowest BCUT2D eigenvalue weighted by atomic mass is 10.6. The number of rotatable bonds is 3. The van der Waals surface area contributed by atoms with Crippen LogP contribution in [0.1, 0.15) is 0 Å². The van der Waals surface area contributed by atoms with Gasteiger partial charge < -0.3 is 14.2 Å². The van der Waals surface area contributed by atoms with Crippen molar-refractivity contribution in [2.24, 2.45) is 0 Å².